The summed E-state index contributed by atoms with van der Waals surface area (Å²) in [5.41, 5.74) is 0.200. The predicted molar refractivity (Wildman–Crippen MR) is 71.3 cm³/mol. The lowest BCUT2D eigenvalue weighted by molar-refractivity contribution is -0.385. The monoisotopic (exact) mass is 291 g/mol. The van der Waals surface area contributed by atoms with E-state index in [-0.39, 0.29) is 22.7 Å². The van der Waals surface area contributed by atoms with Gasteiger partial charge < -0.3 is 9.84 Å². The highest BCUT2D eigenvalue weighted by molar-refractivity contribution is 5.89. The van der Waals surface area contributed by atoms with Crippen molar-refractivity contribution < 1.29 is 24.0 Å². The molecule has 2 rings (SSSR count). The molecule has 0 saturated heterocycles. The van der Waals surface area contributed by atoms with E-state index >= 15 is 0 Å². The van der Waals surface area contributed by atoms with Crippen molar-refractivity contribution in [3.63, 3.8) is 0 Å². The molecule has 0 atom stereocenters. The maximum Gasteiger partial charge on any atom is 0.335 e. The highest BCUT2D eigenvalue weighted by atomic mass is 19.1. The Kier molecular flexibility index (Phi) is 3.84. The van der Waals surface area contributed by atoms with Gasteiger partial charge in [-0.05, 0) is 36.8 Å². The Morgan fingerprint density at radius 1 is 1.29 bits per heavy atom. The van der Waals surface area contributed by atoms with Crippen molar-refractivity contribution in [2.75, 3.05) is 0 Å². The molecule has 0 aliphatic carbocycles. The molecule has 0 aliphatic heterocycles. The summed E-state index contributed by atoms with van der Waals surface area (Å²) in [6.07, 6.45) is 0. The lowest BCUT2D eigenvalue weighted by Crippen LogP contribution is -1.99. The molecular formula is C14H10FNO5. The zero-order valence-corrected chi connectivity index (χ0v) is 10.9. The van der Waals surface area contributed by atoms with Crippen LogP contribution in [-0.2, 0) is 0 Å². The Bertz CT molecular complexity index is 729. The second-order valence-electron chi connectivity index (χ2n) is 4.26. The first-order valence-corrected chi connectivity index (χ1v) is 5.84. The minimum Gasteiger partial charge on any atom is -0.478 e. The predicted octanol–water partition coefficient (Wildman–Crippen LogP) is 3.53. The zero-order chi connectivity index (χ0) is 15.6. The zero-order valence-electron chi connectivity index (χ0n) is 10.9. The second-order valence-corrected chi connectivity index (χ2v) is 4.26. The van der Waals surface area contributed by atoms with Gasteiger partial charge in [0.1, 0.15) is 5.75 Å². The fourth-order valence-corrected chi connectivity index (χ4v) is 1.75. The molecule has 2 aromatic carbocycles. The molecule has 0 heterocycles. The van der Waals surface area contributed by atoms with Crippen LogP contribution in [0.15, 0.2) is 36.4 Å². The second kappa shape index (κ2) is 5.58. The highest BCUT2D eigenvalue weighted by Gasteiger charge is 2.13. The van der Waals surface area contributed by atoms with Gasteiger partial charge in [-0.15, -0.1) is 0 Å². The van der Waals surface area contributed by atoms with E-state index < -0.39 is 16.7 Å². The van der Waals surface area contributed by atoms with Gasteiger partial charge in [0.25, 0.3) is 5.69 Å². The van der Waals surface area contributed by atoms with Crippen LogP contribution in [0, 0.1) is 22.9 Å². The third-order valence-corrected chi connectivity index (χ3v) is 2.78. The lowest BCUT2D eigenvalue weighted by atomic mass is 10.1. The molecule has 2 aromatic rings. The Hall–Kier alpha value is -2.96. The van der Waals surface area contributed by atoms with E-state index in [9.17, 15) is 19.3 Å². The van der Waals surface area contributed by atoms with Crippen molar-refractivity contribution in [2.45, 2.75) is 6.92 Å². The van der Waals surface area contributed by atoms with Gasteiger partial charge in [0.05, 0.1) is 16.6 Å². The van der Waals surface area contributed by atoms with E-state index in [0.717, 1.165) is 18.2 Å². The first kappa shape index (κ1) is 14.4. The molecule has 0 saturated carbocycles. The molecule has 1 N–H and O–H groups in total. The molecule has 6 nitrogen and oxygen atoms in total. The molecule has 0 fully saturated rings. The Balaban J connectivity index is 2.28. The minimum atomic E-state index is -1.07. The van der Waals surface area contributed by atoms with Gasteiger partial charge in [0, 0.05) is 6.07 Å². The van der Waals surface area contributed by atoms with E-state index in [1.165, 1.54) is 18.2 Å². The van der Waals surface area contributed by atoms with E-state index in [1.807, 2.05) is 0 Å². The van der Waals surface area contributed by atoms with Crippen molar-refractivity contribution in [3.05, 3.63) is 63.5 Å². The number of non-ortho nitro benzene ring substituents is 1. The average Bonchev–Trinajstić information content (AvgIpc) is 2.40. The number of ether oxygens (including phenoxy) is 1. The smallest absolute Gasteiger partial charge is 0.335 e. The van der Waals surface area contributed by atoms with Crippen molar-refractivity contribution in [1.82, 2.24) is 0 Å². The van der Waals surface area contributed by atoms with Crippen LogP contribution in [0.5, 0.6) is 11.5 Å². The number of hydrogen-bond donors (Lipinski definition) is 1. The van der Waals surface area contributed by atoms with Crippen LogP contribution in [0.3, 0.4) is 0 Å². The molecule has 108 valence electrons. The fraction of sp³-hybridized carbons (Fsp3) is 0.0714. The quantitative estimate of drug-likeness (QED) is 0.687. The number of carboxylic acids is 1. The van der Waals surface area contributed by atoms with Crippen LogP contribution in [0.2, 0.25) is 0 Å². The standard InChI is InChI=1S/C14H10FNO5/c1-8-6-10(3-4-11(8)14(17)18)21-13-5-2-9(16(19)20)7-12(13)15/h2-7H,1H3,(H,17,18). The van der Waals surface area contributed by atoms with E-state index in [1.54, 1.807) is 6.92 Å². The van der Waals surface area contributed by atoms with Crippen molar-refractivity contribution in [3.8, 4) is 11.5 Å². The molecule has 0 amide bonds. The molecule has 0 bridgehead atoms. The third-order valence-electron chi connectivity index (χ3n) is 2.78. The summed E-state index contributed by atoms with van der Waals surface area (Å²) in [6, 6.07) is 7.20. The Labute approximate surface area is 118 Å². The highest BCUT2D eigenvalue weighted by Crippen LogP contribution is 2.28. The maximum atomic E-state index is 13.7. The van der Waals surface area contributed by atoms with Gasteiger partial charge in [0.2, 0.25) is 0 Å². The third kappa shape index (κ3) is 3.14. The van der Waals surface area contributed by atoms with Crippen LogP contribution in [0.1, 0.15) is 15.9 Å². The minimum absolute atomic E-state index is 0.117. The summed E-state index contributed by atoms with van der Waals surface area (Å²) in [4.78, 5) is 20.7. The Morgan fingerprint density at radius 3 is 2.52 bits per heavy atom. The lowest BCUT2D eigenvalue weighted by Gasteiger charge is -2.08. The summed E-state index contributed by atoms with van der Waals surface area (Å²) in [5.74, 6) is -1.88. The number of nitrogens with zero attached hydrogens (tertiary/aromatic N) is 1. The molecule has 0 spiro atoms. The molecule has 0 aromatic heterocycles. The molecule has 21 heavy (non-hydrogen) atoms. The molecular weight excluding hydrogens is 281 g/mol. The van der Waals surface area contributed by atoms with Crippen molar-refractivity contribution in [2.24, 2.45) is 0 Å². The summed E-state index contributed by atoms with van der Waals surface area (Å²) in [6.45, 7) is 1.59. The summed E-state index contributed by atoms with van der Waals surface area (Å²) in [5, 5.41) is 19.4. The van der Waals surface area contributed by atoms with Crippen molar-refractivity contribution in [1.29, 1.82) is 0 Å². The largest absolute Gasteiger partial charge is 0.478 e. The molecule has 0 radical (unpaired) electrons. The van der Waals surface area contributed by atoms with Gasteiger partial charge in [-0.25, -0.2) is 9.18 Å². The van der Waals surface area contributed by atoms with Crippen LogP contribution in [0.25, 0.3) is 0 Å². The number of hydrogen-bond acceptors (Lipinski definition) is 4. The first-order valence-electron chi connectivity index (χ1n) is 5.84. The van der Waals surface area contributed by atoms with Gasteiger partial charge in [0.15, 0.2) is 11.6 Å². The van der Waals surface area contributed by atoms with Crippen LogP contribution < -0.4 is 4.74 Å². The molecule has 0 unspecified atom stereocenters. The summed E-state index contributed by atoms with van der Waals surface area (Å²) in [7, 11) is 0. The van der Waals surface area contributed by atoms with Crippen LogP contribution >= 0.6 is 0 Å². The maximum absolute atomic E-state index is 13.7. The SMILES string of the molecule is Cc1cc(Oc2ccc([N+](=O)[O-])cc2F)ccc1C(=O)O. The number of halogens is 1. The van der Waals surface area contributed by atoms with Gasteiger partial charge in [-0.2, -0.15) is 0 Å². The van der Waals surface area contributed by atoms with E-state index in [0.29, 0.717) is 5.56 Å². The Morgan fingerprint density at radius 2 is 2.00 bits per heavy atom. The number of nitro groups is 1. The number of aryl methyl sites for hydroxylation is 1. The van der Waals surface area contributed by atoms with E-state index in [4.69, 9.17) is 9.84 Å². The number of aromatic carboxylic acids is 1. The van der Waals surface area contributed by atoms with Crippen molar-refractivity contribution >= 4 is 11.7 Å². The topological polar surface area (TPSA) is 89.7 Å². The van der Waals surface area contributed by atoms with Gasteiger partial charge >= 0.3 is 5.97 Å². The number of carbonyl (C=O) groups is 1. The first-order chi connectivity index (χ1) is 9.88. The van der Waals surface area contributed by atoms with E-state index in [2.05, 4.69) is 0 Å². The van der Waals surface area contributed by atoms with Crippen LogP contribution in [-0.4, -0.2) is 16.0 Å². The van der Waals surface area contributed by atoms with Crippen LogP contribution in [0.4, 0.5) is 10.1 Å². The number of rotatable bonds is 4. The van der Waals surface area contributed by atoms with Gasteiger partial charge in [-0.1, -0.05) is 0 Å². The molecule has 0 aliphatic rings. The summed E-state index contributed by atoms with van der Waals surface area (Å²) < 4.78 is 18.9. The number of nitro benzene ring substituents is 1. The normalized spacial score (nSPS) is 10.2. The average molecular weight is 291 g/mol. The van der Waals surface area contributed by atoms with Gasteiger partial charge in [-0.3, -0.25) is 10.1 Å². The number of carboxylic acid groups (broad SMARTS) is 1. The molecule has 7 heteroatoms. The summed E-state index contributed by atoms with van der Waals surface area (Å²) >= 11 is 0. The fourth-order valence-electron chi connectivity index (χ4n) is 1.75. The number of benzene rings is 2.